The lowest BCUT2D eigenvalue weighted by molar-refractivity contribution is -0.125. The third-order valence-corrected chi connectivity index (χ3v) is 9.67. The highest BCUT2D eigenvalue weighted by Crippen LogP contribution is 2.36. The maximum absolute atomic E-state index is 14.1. The molecule has 216 valence electrons. The molecule has 5 rings (SSSR count). The topological polar surface area (TPSA) is 122 Å². The average molecular weight is 619 g/mol. The Labute approximate surface area is 248 Å². The molecule has 0 bridgehead atoms. The van der Waals surface area contributed by atoms with E-state index in [-0.39, 0.29) is 52.5 Å². The van der Waals surface area contributed by atoms with Gasteiger partial charge >= 0.3 is 0 Å². The number of nitrogens with zero attached hydrogens (tertiary/aromatic N) is 4. The van der Waals surface area contributed by atoms with Gasteiger partial charge in [-0.25, -0.2) is 13.1 Å². The Morgan fingerprint density at radius 3 is 2.39 bits per heavy atom. The maximum atomic E-state index is 14.1. The van der Waals surface area contributed by atoms with Gasteiger partial charge in [0.05, 0.1) is 39.8 Å². The molecule has 1 N–H and O–H groups in total. The zero-order chi connectivity index (χ0) is 29.8. The van der Waals surface area contributed by atoms with Crippen LogP contribution < -0.4 is 5.32 Å². The molecular formula is C28H29Cl2N5O5S. The first kappa shape index (κ1) is 29.1. The zero-order valence-electron chi connectivity index (χ0n) is 22.9. The highest BCUT2D eigenvalue weighted by Gasteiger charge is 2.43. The van der Waals surface area contributed by atoms with Crippen molar-refractivity contribution in [3.8, 4) is 0 Å². The number of carbonyl (C=O) groups excluding carboxylic acids is 3. The Balaban J connectivity index is 1.52. The van der Waals surface area contributed by atoms with Crippen molar-refractivity contribution in [1.82, 2.24) is 24.9 Å². The van der Waals surface area contributed by atoms with Gasteiger partial charge in [-0.05, 0) is 49.7 Å². The molecule has 3 heterocycles. The Morgan fingerprint density at radius 1 is 1.10 bits per heavy atom. The van der Waals surface area contributed by atoms with Gasteiger partial charge in [0, 0.05) is 36.9 Å². The first-order chi connectivity index (χ1) is 19.3. The van der Waals surface area contributed by atoms with E-state index in [4.69, 9.17) is 28.3 Å². The monoisotopic (exact) mass is 617 g/mol. The minimum Gasteiger partial charge on any atom is -0.357 e. The molecule has 3 atom stereocenters. The van der Waals surface area contributed by atoms with E-state index >= 15 is 0 Å². The van der Waals surface area contributed by atoms with Gasteiger partial charge in [0.2, 0.25) is 5.91 Å². The second-order valence-electron chi connectivity index (χ2n) is 10.4. The van der Waals surface area contributed by atoms with Gasteiger partial charge in [-0.3, -0.25) is 14.4 Å². The molecule has 0 radical (unpaired) electrons. The van der Waals surface area contributed by atoms with Gasteiger partial charge in [-0.2, -0.15) is 5.10 Å². The van der Waals surface area contributed by atoms with E-state index in [0.29, 0.717) is 33.8 Å². The van der Waals surface area contributed by atoms with E-state index in [9.17, 15) is 22.8 Å². The zero-order valence-corrected chi connectivity index (χ0v) is 25.2. The average Bonchev–Trinajstić information content (AvgIpc) is 3.31. The molecule has 2 aliphatic heterocycles. The van der Waals surface area contributed by atoms with Crippen molar-refractivity contribution in [3.05, 3.63) is 80.6 Å². The summed E-state index contributed by atoms with van der Waals surface area (Å²) in [5, 5.41) is 7.98. The molecule has 0 saturated carbocycles. The largest absolute Gasteiger partial charge is 0.357 e. The number of hydrogen-bond donors (Lipinski definition) is 1. The molecule has 1 aromatic heterocycles. The Bertz CT molecular complexity index is 1670. The van der Waals surface area contributed by atoms with Crippen LogP contribution >= 0.6 is 23.2 Å². The summed E-state index contributed by atoms with van der Waals surface area (Å²) in [4.78, 5) is 44.0. The first-order valence-corrected chi connectivity index (χ1v) is 15.6. The van der Waals surface area contributed by atoms with Crippen LogP contribution in [-0.4, -0.2) is 71.6 Å². The number of sulfone groups is 1. The Kier molecular flexibility index (Phi) is 7.65. The second-order valence-corrected chi connectivity index (χ2v) is 13.3. The molecule has 0 saturated heterocycles. The molecule has 41 heavy (non-hydrogen) atoms. The summed E-state index contributed by atoms with van der Waals surface area (Å²) in [5.41, 5.74) is 2.62. The van der Waals surface area contributed by atoms with Crippen LogP contribution in [0.25, 0.3) is 0 Å². The second kappa shape index (κ2) is 10.8. The number of amides is 3. The van der Waals surface area contributed by atoms with E-state index in [0.717, 1.165) is 6.26 Å². The number of rotatable bonds is 5. The van der Waals surface area contributed by atoms with Gasteiger partial charge in [-0.15, -0.1) is 0 Å². The molecule has 13 heteroatoms. The van der Waals surface area contributed by atoms with E-state index in [2.05, 4.69) is 5.32 Å². The van der Waals surface area contributed by atoms with Crippen LogP contribution in [0.1, 0.15) is 63.6 Å². The fourth-order valence-electron chi connectivity index (χ4n) is 5.43. The summed E-state index contributed by atoms with van der Waals surface area (Å²) in [6.07, 6.45) is 1.53. The van der Waals surface area contributed by atoms with Crippen LogP contribution in [-0.2, 0) is 27.6 Å². The van der Waals surface area contributed by atoms with Crippen molar-refractivity contribution in [2.45, 2.75) is 49.8 Å². The van der Waals surface area contributed by atoms with Crippen LogP contribution in [0, 0.1) is 0 Å². The van der Waals surface area contributed by atoms with Crippen molar-refractivity contribution < 1.29 is 22.8 Å². The maximum Gasteiger partial charge on any atom is 0.273 e. The van der Waals surface area contributed by atoms with Crippen molar-refractivity contribution in [2.24, 2.45) is 0 Å². The van der Waals surface area contributed by atoms with Crippen LogP contribution in [0.2, 0.25) is 10.0 Å². The van der Waals surface area contributed by atoms with Gasteiger partial charge in [0.15, 0.2) is 9.84 Å². The SMILES string of the molecule is CNC(=O)[C@@H]1CN([C@H](C)c2ccc(S(C)(=O)=O)cc2)C(=O)c2c3c(nn21)C[C@@H](C)N(C(=O)c1ccc(Cl)c(Cl)c1)C3. The Morgan fingerprint density at radius 2 is 1.78 bits per heavy atom. The Hall–Kier alpha value is -3.41. The third-order valence-electron chi connectivity index (χ3n) is 7.80. The van der Waals surface area contributed by atoms with E-state index in [1.165, 1.54) is 29.9 Å². The minimum absolute atomic E-state index is 0.0720. The van der Waals surface area contributed by atoms with Gasteiger partial charge < -0.3 is 15.1 Å². The molecule has 0 spiro atoms. The number of halogens is 2. The summed E-state index contributed by atoms with van der Waals surface area (Å²) in [7, 11) is -1.85. The van der Waals surface area contributed by atoms with Gasteiger partial charge in [-0.1, -0.05) is 35.3 Å². The molecule has 0 aliphatic carbocycles. The van der Waals surface area contributed by atoms with Gasteiger partial charge in [0.25, 0.3) is 11.8 Å². The predicted octanol–water partition coefficient (Wildman–Crippen LogP) is 3.68. The van der Waals surface area contributed by atoms with Crippen LogP contribution in [0.5, 0.6) is 0 Å². The molecule has 3 aromatic rings. The minimum atomic E-state index is -3.38. The third kappa shape index (κ3) is 5.22. The number of aromatic nitrogens is 2. The standard InChI is InChI=1S/C28H29Cl2N5O5S/c1-15-11-23-20(13-33(15)27(37)18-7-10-21(29)22(30)12-18)25-28(38)34(14-24(26(36)31-3)35(25)32-23)16(2)17-5-8-19(9-6-17)41(4,39)40/h5-10,12,15-16,24H,11,13-14H2,1-4H3,(H,31,36)/t15-,16-,24+/m1/s1. The fourth-order valence-corrected chi connectivity index (χ4v) is 6.36. The number of likely N-dealkylation sites (N-methyl/N-ethyl adjacent to an activating group) is 1. The van der Waals surface area contributed by atoms with Crippen LogP contribution in [0.3, 0.4) is 0 Å². The summed E-state index contributed by atoms with van der Waals surface area (Å²) in [5.74, 6) is -0.890. The number of nitrogens with one attached hydrogen (secondary N) is 1. The molecule has 0 fully saturated rings. The number of carbonyl (C=O) groups is 3. The molecule has 3 amide bonds. The highest BCUT2D eigenvalue weighted by molar-refractivity contribution is 7.90. The van der Waals surface area contributed by atoms with Crippen molar-refractivity contribution in [1.29, 1.82) is 0 Å². The first-order valence-electron chi connectivity index (χ1n) is 13.0. The quantitative estimate of drug-likeness (QED) is 0.466. The van der Waals surface area contributed by atoms with E-state index in [1.54, 1.807) is 34.1 Å². The number of benzene rings is 2. The molecular weight excluding hydrogens is 589 g/mol. The summed E-state index contributed by atoms with van der Waals surface area (Å²) >= 11 is 12.2. The number of fused-ring (bicyclic) bond motifs is 3. The van der Waals surface area contributed by atoms with Crippen LogP contribution in [0.15, 0.2) is 47.4 Å². The van der Waals surface area contributed by atoms with Crippen molar-refractivity contribution >= 4 is 50.8 Å². The van der Waals surface area contributed by atoms with Crippen molar-refractivity contribution in [3.63, 3.8) is 0 Å². The smallest absolute Gasteiger partial charge is 0.273 e. The summed E-state index contributed by atoms with van der Waals surface area (Å²) in [6.45, 7) is 3.93. The fraction of sp³-hybridized carbons (Fsp3) is 0.357. The lowest BCUT2D eigenvalue weighted by Gasteiger charge is -2.38. The summed E-state index contributed by atoms with van der Waals surface area (Å²) in [6, 6.07) is 9.57. The lowest BCUT2D eigenvalue weighted by Crippen LogP contribution is -2.49. The molecule has 0 unspecified atom stereocenters. The van der Waals surface area contributed by atoms with E-state index < -0.39 is 21.9 Å². The summed E-state index contributed by atoms with van der Waals surface area (Å²) < 4.78 is 25.3. The lowest BCUT2D eigenvalue weighted by atomic mass is 9.96. The van der Waals surface area contributed by atoms with Gasteiger partial charge in [0.1, 0.15) is 11.7 Å². The normalized spacial score (nSPS) is 19.4. The van der Waals surface area contributed by atoms with E-state index in [1.807, 2.05) is 13.8 Å². The van der Waals surface area contributed by atoms with Crippen molar-refractivity contribution in [2.75, 3.05) is 19.8 Å². The van der Waals surface area contributed by atoms with Crippen LogP contribution in [0.4, 0.5) is 0 Å². The number of hydrogen-bond acceptors (Lipinski definition) is 6. The molecule has 2 aromatic carbocycles. The predicted molar refractivity (Wildman–Crippen MR) is 154 cm³/mol. The highest BCUT2D eigenvalue weighted by atomic mass is 35.5. The molecule has 2 aliphatic rings. The molecule has 10 nitrogen and oxygen atoms in total.